The molecule has 0 saturated heterocycles. The van der Waals surface area contributed by atoms with Gasteiger partial charge in [0.2, 0.25) is 0 Å². The van der Waals surface area contributed by atoms with E-state index < -0.39 is 15.7 Å². The Bertz CT molecular complexity index is 552. The van der Waals surface area contributed by atoms with Crippen molar-refractivity contribution in [2.75, 3.05) is 6.26 Å². The first-order valence-corrected chi connectivity index (χ1v) is 6.34. The molecule has 1 aromatic carbocycles. The van der Waals surface area contributed by atoms with E-state index in [1.54, 1.807) is 6.07 Å². The van der Waals surface area contributed by atoms with Crippen LogP contribution in [0.1, 0.15) is 0 Å². The van der Waals surface area contributed by atoms with Crippen molar-refractivity contribution in [3.05, 3.63) is 28.3 Å². The van der Waals surface area contributed by atoms with Crippen molar-refractivity contribution >= 4 is 38.0 Å². The molecule has 0 spiro atoms. The molecule has 0 aliphatic carbocycles. The zero-order chi connectivity index (χ0) is 11.0. The van der Waals surface area contributed by atoms with Gasteiger partial charge in [-0.3, -0.25) is 14.3 Å². The van der Waals surface area contributed by atoms with Gasteiger partial charge in [0, 0.05) is 18.4 Å². The van der Waals surface area contributed by atoms with Crippen molar-refractivity contribution in [3.8, 4) is 0 Å². The van der Waals surface area contributed by atoms with E-state index in [0.717, 1.165) is 4.70 Å². The topological polar surface area (TPSA) is 73.1 Å². The van der Waals surface area contributed by atoms with Crippen LogP contribution in [-0.2, 0) is 10.8 Å². The van der Waals surface area contributed by atoms with Crippen molar-refractivity contribution in [2.24, 2.45) is 0 Å². The fourth-order valence-electron chi connectivity index (χ4n) is 1.13. The average molecular weight is 242 g/mol. The summed E-state index contributed by atoms with van der Waals surface area (Å²) in [5.74, 6) is 0. The molecule has 2 rings (SSSR count). The van der Waals surface area contributed by atoms with E-state index in [1.165, 1.54) is 29.7 Å². The smallest absolute Gasteiger partial charge is 0.258 e. The molecule has 0 aliphatic rings. The molecule has 1 heterocycles. The number of rotatable bonds is 2. The quantitative estimate of drug-likeness (QED) is 0.596. The van der Waals surface area contributed by atoms with Crippen LogP contribution in [0.2, 0.25) is 0 Å². The zero-order valence-electron chi connectivity index (χ0n) is 7.67. The summed E-state index contributed by atoms with van der Waals surface area (Å²) in [5, 5.41) is 10.5. The molecule has 0 saturated carbocycles. The largest absolute Gasteiger partial charge is 0.271 e. The van der Waals surface area contributed by atoms with Crippen molar-refractivity contribution in [2.45, 2.75) is 4.34 Å². The van der Waals surface area contributed by atoms with Crippen LogP contribution in [0.5, 0.6) is 0 Å². The first-order chi connectivity index (χ1) is 7.08. The molecule has 0 amide bonds. The molecule has 0 N–H and O–H groups in total. The highest BCUT2D eigenvalue weighted by Gasteiger charge is 2.11. The van der Waals surface area contributed by atoms with E-state index in [9.17, 15) is 14.3 Å². The number of fused-ring (bicyclic) bond motifs is 1. The molecule has 0 bridgehead atoms. The standard InChI is InChI=1S/C8H6N2O3S2/c1-15(13)8-9-6-4-5(10(11)12)2-3-7(6)14-8/h2-4H,1H3. The van der Waals surface area contributed by atoms with Crippen molar-refractivity contribution in [1.29, 1.82) is 0 Å². The number of non-ortho nitro benzene ring substituents is 1. The van der Waals surface area contributed by atoms with Crippen LogP contribution in [0.3, 0.4) is 0 Å². The van der Waals surface area contributed by atoms with Crippen LogP contribution in [0.25, 0.3) is 10.2 Å². The summed E-state index contributed by atoms with van der Waals surface area (Å²) in [6.07, 6.45) is 1.53. The van der Waals surface area contributed by atoms with Gasteiger partial charge in [-0.1, -0.05) is 0 Å². The number of thiazole rings is 1. The van der Waals surface area contributed by atoms with Crippen LogP contribution >= 0.6 is 11.3 Å². The third-order valence-electron chi connectivity index (χ3n) is 1.81. The number of nitrogens with zero attached hydrogens (tertiary/aromatic N) is 2. The minimum atomic E-state index is -1.14. The lowest BCUT2D eigenvalue weighted by Gasteiger charge is -1.88. The lowest BCUT2D eigenvalue weighted by atomic mass is 10.3. The van der Waals surface area contributed by atoms with E-state index in [-0.39, 0.29) is 5.69 Å². The highest BCUT2D eigenvalue weighted by Crippen LogP contribution is 2.27. The molecule has 2 aromatic rings. The highest BCUT2D eigenvalue weighted by atomic mass is 32.2. The van der Waals surface area contributed by atoms with Crippen LogP contribution in [0.15, 0.2) is 22.5 Å². The van der Waals surface area contributed by atoms with Gasteiger partial charge in [0.05, 0.1) is 25.9 Å². The maximum absolute atomic E-state index is 11.2. The summed E-state index contributed by atoms with van der Waals surface area (Å²) < 4.78 is 12.5. The summed E-state index contributed by atoms with van der Waals surface area (Å²) in [6.45, 7) is 0. The number of aromatic nitrogens is 1. The Hall–Kier alpha value is -1.34. The number of hydrogen-bond acceptors (Lipinski definition) is 5. The van der Waals surface area contributed by atoms with Crippen LogP contribution in [-0.4, -0.2) is 20.4 Å². The fraction of sp³-hybridized carbons (Fsp3) is 0.125. The van der Waals surface area contributed by atoms with Crippen LogP contribution in [0.4, 0.5) is 5.69 Å². The molecule has 5 nitrogen and oxygen atoms in total. The molecule has 0 fully saturated rings. The summed E-state index contributed by atoms with van der Waals surface area (Å²) in [5.41, 5.74) is 0.528. The zero-order valence-corrected chi connectivity index (χ0v) is 9.30. The number of hydrogen-bond donors (Lipinski definition) is 0. The second-order valence-corrected chi connectivity index (χ2v) is 5.43. The van der Waals surface area contributed by atoms with Gasteiger partial charge >= 0.3 is 0 Å². The second-order valence-electron chi connectivity index (χ2n) is 2.84. The van der Waals surface area contributed by atoms with E-state index in [1.807, 2.05) is 0 Å². The number of nitro benzene ring substituents is 1. The number of nitro groups is 1. The Morgan fingerprint density at radius 3 is 2.87 bits per heavy atom. The third kappa shape index (κ3) is 1.88. The summed E-state index contributed by atoms with van der Waals surface area (Å²) in [4.78, 5) is 14.1. The molecule has 15 heavy (non-hydrogen) atoms. The molecule has 7 heteroatoms. The van der Waals surface area contributed by atoms with Gasteiger partial charge in [-0.15, -0.1) is 11.3 Å². The minimum absolute atomic E-state index is 0.00114. The van der Waals surface area contributed by atoms with Gasteiger partial charge in [0.25, 0.3) is 5.69 Å². The first-order valence-electron chi connectivity index (χ1n) is 3.96. The van der Waals surface area contributed by atoms with E-state index in [4.69, 9.17) is 0 Å². The first kappa shape index (κ1) is 10.2. The minimum Gasteiger partial charge on any atom is -0.258 e. The van der Waals surface area contributed by atoms with Gasteiger partial charge < -0.3 is 0 Å². The fourth-order valence-corrected chi connectivity index (χ4v) is 2.77. The third-order valence-corrected chi connectivity index (χ3v) is 4.18. The molecule has 1 atom stereocenters. The van der Waals surface area contributed by atoms with Gasteiger partial charge in [-0.25, -0.2) is 4.98 Å². The maximum atomic E-state index is 11.2. The van der Waals surface area contributed by atoms with Gasteiger partial charge in [0.1, 0.15) is 0 Å². The molecule has 1 aromatic heterocycles. The molecular weight excluding hydrogens is 236 g/mol. The SMILES string of the molecule is CS(=O)c1nc2cc([N+](=O)[O-])ccc2s1. The van der Waals surface area contributed by atoms with Crippen LogP contribution in [0, 0.1) is 10.1 Å². The normalized spacial score (nSPS) is 12.9. The number of benzene rings is 1. The molecule has 1 unspecified atom stereocenters. The Labute approximate surface area is 91.4 Å². The summed E-state index contributed by atoms with van der Waals surface area (Å²) >= 11 is 1.29. The Morgan fingerprint density at radius 1 is 1.53 bits per heavy atom. The highest BCUT2D eigenvalue weighted by molar-refractivity contribution is 7.86. The Balaban J connectivity index is 2.62. The monoisotopic (exact) mass is 242 g/mol. The van der Waals surface area contributed by atoms with Gasteiger partial charge in [0.15, 0.2) is 4.34 Å². The summed E-state index contributed by atoms with van der Waals surface area (Å²) in [6, 6.07) is 4.44. The van der Waals surface area contributed by atoms with Crippen molar-refractivity contribution in [1.82, 2.24) is 4.98 Å². The molecule has 0 radical (unpaired) electrons. The van der Waals surface area contributed by atoms with E-state index in [0.29, 0.717) is 9.86 Å². The maximum Gasteiger partial charge on any atom is 0.271 e. The van der Waals surface area contributed by atoms with E-state index >= 15 is 0 Å². The molecule has 0 aliphatic heterocycles. The van der Waals surface area contributed by atoms with Crippen molar-refractivity contribution < 1.29 is 9.13 Å². The predicted molar refractivity (Wildman–Crippen MR) is 58.6 cm³/mol. The summed E-state index contributed by atoms with van der Waals surface area (Å²) in [7, 11) is -1.14. The lowest BCUT2D eigenvalue weighted by molar-refractivity contribution is -0.384. The predicted octanol–water partition coefficient (Wildman–Crippen LogP) is 1.94. The lowest BCUT2D eigenvalue weighted by Crippen LogP contribution is -1.87. The van der Waals surface area contributed by atoms with Crippen LogP contribution < -0.4 is 0 Å². The molecular formula is C8H6N2O3S2. The van der Waals surface area contributed by atoms with E-state index in [2.05, 4.69) is 4.98 Å². The van der Waals surface area contributed by atoms with Crippen molar-refractivity contribution in [3.63, 3.8) is 0 Å². The Kier molecular flexibility index (Phi) is 2.49. The molecule has 78 valence electrons. The van der Waals surface area contributed by atoms with Gasteiger partial charge in [-0.2, -0.15) is 0 Å². The van der Waals surface area contributed by atoms with Gasteiger partial charge in [-0.05, 0) is 6.07 Å². The average Bonchev–Trinajstić information content (AvgIpc) is 2.59. The Morgan fingerprint density at radius 2 is 2.27 bits per heavy atom. The second kappa shape index (κ2) is 3.67.